The van der Waals surface area contributed by atoms with Crippen molar-refractivity contribution in [3.63, 3.8) is 0 Å². The zero-order valence-corrected chi connectivity index (χ0v) is 13.3. The van der Waals surface area contributed by atoms with Gasteiger partial charge in [0, 0.05) is 25.1 Å². The van der Waals surface area contributed by atoms with Crippen LogP contribution in [0.4, 0.5) is 0 Å². The maximum absolute atomic E-state index is 11.9. The Morgan fingerprint density at radius 2 is 1.43 bits per heavy atom. The summed E-state index contributed by atoms with van der Waals surface area (Å²) in [5.41, 5.74) is 1.77. The van der Waals surface area contributed by atoms with Gasteiger partial charge in [0.25, 0.3) is 5.91 Å². The summed E-state index contributed by atoms with van der Waals surface area (Å²) in [6.07, 6.45) is 0.441. The van der Waals surface area contributed by atoms with Crippen molar-refractivity contribution in [2.24, 2.45) is 0 Å². The first-order chi connectivity index (χ1) is 11.2. The summed E-state index contributed by atoms with van der Waals surface area (Å²) in [5, 5.41) is 5.62. The molecule has 0 radical (unpaired) electrons. The van der Waals surface area contributed by atoms with Crippen LogP contribution in [-0.2, 0) is 4.79 Å². The molecule has 0 saturated heterocycles. The normalized spacial score (nSPS) is 11.5. The Hall–Kier alpha value is -2.62. The third-order valence-corrected chi connectivity index (χ3v) is 3.63. The summed E-state index contributed by atoms with van der Waals surface area (Å²) in [7, 11) is 0. The Bertz CT molecular complexity index is 626. The Morgan fingerprint density at radius 1 is 0.870 bits per heavy atom. The topological polar surface area (TPSA) is 58.2 Å². The van der Waals surface area contributed by atoms with E-state index >= 15 is 0 Å². The Labute approximate surface area is 136 Å². The second-order valence-corrected chi connectivity index (χ2v) is 5.49. The molecule has 2 aromatic rings. The zero-order valence-electron chi connectivity index (χ0n) is 13.3. The fraction of sp³-hybridized carbons (Fsp3) is 0.263. The maximum Gasteiger partial charge on any atom is 0.251 e. The first kappa shape index (κ1) is 16.7. The van der Waals surface area contributed by atoms with Crippen LogP contribution in [0, 0.1) is 0 Å². The molecule has 0 aliphatic rings. The second-order valence-electron chi connectivity index (χ2n) is 5.49. The van der Waals surface area contributed by atoms with Gasteiger partial charge in [0.15, 0.2) is 0 Å². The van der Waals surface area contributed by atoms with Crippen molar-refractivity contribution >= 4 is 11.8 Å². The van der Waals surface area contributed by atoms with Crippen LogP contribution in [0.15, 0.2) is 60.7 Å². The van der Waals surface area contributed by atoms with E-state index in [4.69, 9.17) is 0 Å². The van der Waals surface area contributed by atoms with Gasteiger partial charge in [0.1, 0.15) is 0 Å². The van der Waals surface area contributed by atoms with E-state index in [0.29, 0.717) is 25.1 Å². The van der Waals surface area contributed by atoms with E-state index in [9.17, 15) is 9.59 Å². The van der Waals surface area contributed by atoms with E-state index in [1.807, 2.05) is 55.5 Å². The molecule has 120 valence electrons. The molecule has 4 heteroatoms. The highest BCUT2D eigenvalue weighted by Crippen LogP contribution is 2.17. The van der Waals surface area contributed by atoms with Crippen LogP contribution in [-0.4, -0.2) is 24.9 Å². The third-order valence-electron chi connectivity index (χ3n) is 3.63. The van der Waals surface area contributed by atoms with Crippen LogP contribution in [0.2, 0.25) is 0 Å². The monoisotopic (exact) mass is 310 g/mol. The van der Waals surface area contributed by atoms with Crippen molar-refractivity contribution < 1.29 is 9.59 Å². The molecule has 2 aromatic carbocycles. The molecule has 2 rings (SSSR count). The molecule has 0 aromatic heterocycles. The lowest BCUT2D eigenvalue weighted by molar-refractivity contribution is -0.121. The summed E-state index contributed by atoms with van der Waals surface area (Å²) in [6, 6.07) is 19.0. The number of benzene rings is 2. The average Bonchev–Trinajstić information content (AvgIpc) is 2.60. The zero-order chi connectivity index (χ0) is 16.5. The highest BCUT2D eigenvalue weighted by Gasteiger charge is 2.10. The van der Waals surface area contributed by atoms with E-state index in [1.165, 1.54) is 0 Å². The molecule has 0 bridgehead atoms. The van der Waals surface area contributed by atoms with Gasteiger partial charge in [-0.2, -0.15) is 0 Å². The van der Waals surface area contributed by atoms with Gasteiger partial charge in [0.05, 0.1) is 0 Å². The van der Waals surface area contributed by atoms with Gasteiger partial charge in [-0.1, -0.05) is 55.5 Å². The molecule has 0 saturated carbocycles. The predicted octanol–water partition coefficient (Wildman–Crippen LogP) is 2.73. The average molecular weight is 310 g/mol. The molecule has 0 aliphatic carbocycles. The van der Waals surface area contributed by atoms with Crippen molar-refractivity contribution in [2.75, 3.05) is 13.1 Å². The number of rotatable bonds is 7. The van der Waals surface area contributed by atoms with Gasteiger partial charge >= 0.3 is 0 Å². The highest BCUT2D eigenvalue weighted by atomic mass is 16.2. The first-order valence-electron chi connectivity index (χ1n) is 7.81. The highest BCUT2D eigenvalue weighted by molar-refractivity contribution is 5.94. The van der Waals surface area contributed by atoms with Crippen molar-refractivity contribution in [1.29, 1.82) is 0 Å². The number of carbonyl (C=O) groups excluding carboxylic acids is 2. The molecule has 1 atom stereocenters. The molecule has 0 spiro atoms. The van der Waals surface area contributed by atoms with Crippen molar-refractivity contribution in [3.05, 3.63) is 71.8 Å². The van der Waals surface area contributed by atoms with Gasteiger partial charge in [-0.05, 0) is 23.6 Å². The van der Waals surface area contributed by atoms with Crippen LogP contribution >= 0.6 is 0 Å². The summed E-state index contributed by atoms with van der Waals surface area (Å²) in [6.45, 7) is 2.88. The summed E-state index contributed by atoms with van der Waals surface area (Å²) in [4.78, 5) is 23.7. The maximum atomic E-state index is 11.9. The van der Waals surface area contributed by atoms with E-state index in [1.54, 1.807) is 12.1 Å². The fourth-order valence-corrected chi connectivity index (χ4v) is 2.32. The summed E-state index contributed by atoms with van der Waals surface area (Å²) >= 11 is 0. The Kier molecular flexibility index (Phi) is 6.36. The largest absolute Gasteiger partial charge is 0.354 e. The predicted molar refractivity (Wildman–Crippen MR) is 91.3 cm³/mol. The molecule has 4 nitrogen and oxygen atoms in total. The van der Waals surface area contributed by atoms with Crippen LogP contribution < -0.4 is 10.6 Å². The minimum atomic E-state index is -0.127. The Balaban J connectivity index is 1.66. The van der Waals surface area contributed by atoms with Gasteiger partial charge in [-0.25, -0.2) is 0 Å². The standard InChI is InChI=1S/C19H22N2O2/c1-15(16-8-4-2-5-9-16)14-18(22)20-12-13-21-19(23)17-10-6-3-7-11-17/h2-11,15H,12-14H2,1H3,(H,20,22)(H,21,23)/t15-/m0/s1. The van der Waals surface area contributed by atoms with Crippen LogP contribution in [0.25, 0.3) is 0 Å². The lowest BCUT2D eigenvalue weighted by Gasteiger charge is -2.12. The molecule has 0 fully saturated rings. The van der Waals surface area contributed by atoms with Crippen LogP contribution in [0.3, 0.4) is 0 Å². The smallest absolute Gasteiger partial charge is 0.251 e. The second kappa shape index (κ2) is 8.73. The van der Waals surface area contributed by atoms with Gasteiger partial charge < -0.3 is 10.6 Å². The summed E-state index contributed by atoms with van der Waals surface area (Å²) in [5.74, 6) is 0.0444. The number of amides is 2. The SMILES string of the molecule is C[C@@H](CC(=O)NCCNC(=O)c1ccccc1)c1ccccc1. The first-order valence-corrected chi connectivity index (χ1v) is 7.81. The molecule has 2 amide bonds. The minimum Gasteiger partial charge on any atom is -0.354 e. The van der Waals surface area contributed by atoms with Crippen molar-refractivity contribution in [3.8, 4) is 0 Å². The number of hydrogen-bond acceptors (Lipinski definition) is 2. The van der Waals surface area contributed by atoms with E-state index in [2.05, 4.69) is 10.6 Å². The number of carbonyl (C=O) groups is 2. The van der Waals surface area contributed by atoms with Gasteiger partial charge in [-0.15, -0.1) is 0 Å². The molecular weight excluding hydrogens is 288 g/mol. The molecule has 23 heavy (non-hydrogen) atoms. The van der Waals surface area contributed by atoms with E-state index in [0.717, 1.165) is 5.56 Å². The van der Waals surface area contributed by atoms with Gasteiger partial charge in [0.2, 0.25) is 5.91 Å². The van der Waals surface area contributed by atoms with E-state index in [-0.39, 0.29) is 17.7 Å². The van der Waals surface area contributed by atoms with E-state index < -0.39 is 0 Å². The number of hydrogen-bond donors (Lipinski definition) is 2. The van der Waals surface area contributed by atoms with Crippen LogP contribution in [0.5, 0.6) is 0 Å². The molecule has 0 unspecified atom stereocenters. The fourth-order valence-electron chi connectivity index (χ4n) is 2.32. The van der Waals surface area contributed by atoms with Gasteiger partial charge in [-0.3, -0.25) is 9.59 Å². The number of nitrogens with one attached hydrogen (secondary N) is 2. The lowest BCUT2D eigenvalue weighted by atomic mass is 9.98. The summed E-state index contributed by atoms with van der Waals surface area (Å²) < 4.78 is 0. The molecule has 2 N–H and O–H groups in total. The van der Waals surface area contributed by atoms with Crippen molar-refractivity contribution in [1.82, 2.24) is 10.6 Å². The van der Waals surface area contributed by atoms with Crippen molar-refractivity contribution in [2.45, 2.75) is 19.3 Å². The quantitative estimate of drug-likeness (QED) is 0.773. The Morgan fingerprint density at radius 3 is 2.09 bits per heavy atom. The third kappa shape index (κ3) is 5.58. The molecular formula is C19H22N2O2. The molecule has 0 aliphatic heterocycles. The minimum absolute atomic E-state index is 0.00434. The molecule has 0 heterocycles. The lowest BCUT2D eigenvalue weighted by Crippen LogP contribution is -2.35. The van der Waals surface area contributed by atoms with Crippen LogP contribution in [0.1, 0.15) is 35.2 Å².